The van der Waals surface area contributed by atoms with E-state index in [4.69, 9.17) is 9.15 Å². The van der Waals surface area contributed by atoms with Crippen LogP contribution in [0.2, 0.25) is 0 Å². The molecule has 7 heteroatoms. The number of carbonyl (C=O) groups is 2. The zero-order valence-corrected chi connectivity index (χ0v) is 20.3. The highest BCUT2D eigenvalue weighted by Crippen LogP contribution is 2.37. The second kappa shape index (κ2) is 9.94. The number of oxazole rings is 1. The van der Waals surface area contributed by atoms with Crippen LogP contribution in [0.5, 0.6) is 5.75 Å². The molecule has 1 aromatic heterocycles. The minimum absolute atomic E-state index is 0.0899. The summed E-state index contributed by atoms with van der Waals surface area (Å²) in [6, 6.07) is 14.3. The first kappa shape index (κ1) is 23.1. The third kappa shape index (κ3) is 4.81. The van der Waals surface area contributed by atoms with Crippen molar-refractivity contribution in [2.75, 3.05) is 19.6 Å². The molecule has 5 rings (SSSR count). The highest BCUT2D eigenvalue weighted by molar-refractivity contribution is 5.92. The lowest BCUT2D eigenvalue weighted by molar-refractivity contribution is -0.132. The van der Waals surface area contributed by atoms with Crippen LogP contribution in [0.4, 0.5) is 0 Å². The van der Waals surface area contributed by atoms with Crippen molar-refractivity contribution in [1.29, 1.82) is 0 Å². The number of fused-ring (bicyclic) bond motifs is 1. The van der Waals surface area contributed by atoms with Crippen molar-refractivity contribution in [3.63, 3.8) is 0 Å². The van der Waals surface area contributed by atoms with Gasteiger partial charge in [-0.05, 0) is 55.0 Å². The van der Waals surface area contributed by atoms with Gasteiger partial charge in [0.2, 0.25) is 11.8 Å². The summed E-state index contributed by atoms with van der Waals surface area (Å²) in [6.07, 6.45) is 4.75. The number of ether oxygens (including phenoxy) is 1. The van der Waals surface area contributed by atoms with Crippen molar-refractivity contribution in [2.24, 2.45) is 0 Å². The first-order valence-corrected chi connectivity index (χ1v) is 12.4. The molecule has 1 fully saturated rings. The van der Waals surface area contributed by atoms with Gasteiger partial charge in [0.15, 0.2) is 12.3 Å². The predicted octanol–water partition coefficient (Wildman–Crippen LogP) is 4.68. The fourth-order valence-electron chi connectivity index (χ4n) is 4.97. The second-order valence-electron chi connectivity index (χ2n) is 9.28. The predicted molar refractivity (Wildman–Crippen MR) is 131 cm³/mol. The van der Waals surface area contributed by atoms with E-state index in [0.717, 1.165) is 43.5 Å². The lowest BCUT2D eigenvalue weighted by Crippen LogP contribution is -2.40. The van der Waals surface area contributed by atoms with Crippen molar-refractivity contribution in [3.8, 4) is 5.75 Å². The molecule has 2 amide bonds. The minimum Gasteiger partial charge on any atom is -0.484 e. The molecule has 3 aromatic rings. The number of rotatable bonds is 6. The summed E-state index contributed by atoms with van der Waals surface area (Å²) < 4.78 is 11.5. The topological polar surface area (TPSA) is 75.9 Å². The Bertz CT molecular complexity index is 1210. The van der Waals surface area contributed by atoms with Crippen LogP contribution in [-0.2, 0) is 17.8 Å². The number of aryl methyl sites for hydroxylation is 1. The molecule has 2 aromatic carbocycles. The molecule has 3 heterocycles. The fraction of sp³-hybridized carbons (Fsp3) is 0.393. The Morgan fingerprint density at radius 3 is 2.60 bits per heavy atom. The molecule has 1 saturated heterocycles. The minimum atomic E-state index is -0.151. The standard InChI is InChI=1S/C28H31N3O4/c1-3-26(32)31-15-12-20-10-11-22(16-23(20)27(31)21-8-6-19(2)7-9-21)34-18-25-29-24(17-35-25)28(33)30-13-4-5-14-30/h6-11,16-17,27H,3-5,12-15,18H2,1-2H3. The van der Waals surface area contributed by atoms with Gasteiger partial charge in [-0.15, -0.1) is 0 Å². The number of nitrogens with zero attached hydrogens (tertiary/aromatic N) is 3. The first-order valence-electron chi connectivity index (χ1n) is 12.4. The number of benzene rings is 2. The zero-order valence-electron chi connectivity index (χ0n) is 20.3. The molecule has 0 spiro atoms. The van der Waals surface area contributed by atoms with Gasteiger partial charge in [-0.2, -0.15) is 0 Å². The molecule has 0 bridgehead atoms. The summed E-state index contributed by atoms with van der Waals surface area (Å²) in [6.45, 7) is 6.33. The van der Waals surface area contributed by atoms with Crippen LogP contribution in [0.3, 0.4) is 0 Å². The molecule has 1 atom stereocenters. The fourth-order valence-corrected chi connectivity index (χ4v) is 4.97. The van der Waals surface area contributed by atoms with Crippen LogP contribution < -0.4 is 4.74 Å². The highest BCUT2D eigenvalue weighted by atomic mass is 16.5. The van der Waals surface area contributed by atoms with Crippen LogP contribution in [0.1, 0.15) is 70.9 Å². The van der Waals surface area contributed by atoms with Gasteiger partial charge in [-0.3, -0.25) is 9.59 Å². The summed E-state index contributed by atoms with van der Waals surface area (Å²) >= 11 is 0. The SMILES string of the molecule is CCC(=O)N1CCc2ccc(OCc3nc(C(=O)N4CCCC4)co3)cc2C1c1ccc(C)cc1. The van der Waals surface area contributed by atoms with Gasteiger partial charge in [-0.1, -0.05) is 42.8 Å². The van der Waals surface area contributed by atoms with E-state index in [0.29, 0.717) is 30.3 Å². The van der Waals surface area contributed by atoms with Gasteiger partial charge in [0.1, 0.15) is 12.0 Å². The van der Waals surface area contributed by atoms with Crippen molar-refractivity contribution in [1.82, 2.24) is 14.8 Å². The largest absolute Gasteiger partial charge is 0.484 e. The van der Waals surface area contributed by atoms with E-state index in [9.17, 15) is 9.59 Å². The van der Waals surface area contributed by atoms with Gasteiger partial charge in [0.25, 0.3) is 5.91 Å². The first-order chi connectivity index (χ1) is 17.0. The van der Waals surface area contributed by atoms with Crippen LogP contribution in [0.25, 0.3) is 0 Å². The summed E-state index contributed by atoms with van der Waals surface area (Å²) in [5.74, 6) is 1.09. The molecule has 2 aliphatic heterocycles. The Balaban J connectivity index is 1.36. The van der Waals surface area contributed by atoms with Gasteiger partial charge in [-0.25, -0.2) is 4.98 Å². The van der Waals surface area contributed by atoms with E-state index in [1.807, 2.05) is 24.0 Å². The maximum Gasteiger partial charge on any atom is 0.275 e. The van der Waals surface area contributed by atoms with Crippen molar-refractivity contribution < 1.29 is 18.7 Å². The van der Waals surface area contributed by atoms with Crippen LogP contribution in [0, 0.1) is 6.92 Å². The lowest BCUT2D eigenvalue weighted by atomic mass is 9.87. The quantitative estimate of drug-likeness (QED) is 0.520. The molecular formula is C28H31N3O4. The molecule has 2 aliphatic rings. The van der Waals surface area contributed by atoms with Crippen molar-refractivity contribution in [3.05, 3.63) is 82.6 Å². The average Bonchev–Trinajstić information content (AvgIpc) is 3.59. The zero-order chi connectivity index (χ0) is 24.4. The Labute approximate surface area is 205 Å². The number of hydrogen-bond donors (Lipinski definition) is 0. The molecule has 182 valence electrons. The Kier molecular flexibility index (Phi) is 6.57. The van der Waals surface area contributed by atoms with E-state index >= 15 is 0 Å². The van der Waals surface area contributed by atoms with Crippen LogP contribution in [0.15, 0.2) is 53.1 Å². The molecule has 0 N–H and O–H groups in total. The average molecular weight is 474 g/mol. The number of hydrogen-bond acceptors (Lipinski definition) is 5. The number of aromatic nitrogens is 1. The Hall–Kier alpha value is -3.61. The monoisotopic (exact) mass is 473 g/mol. The molecule has 0 radical (unpaired) electrons. The number of carbonyl (C=O) groups excluding carboxylic acids is 2. The lowest BCUT2D eigenvalue weighted by Gasteiger charge is -2.38. The molecule has 1 unspecified atom stereocenters. The molecule has 0 saturated carbocycles. The van der Waals surface area contributed by atoms with Gasteiger partial charge in [0.05, 0.1) is 6.04 Å². The van der Waals surface area contributed by atoms with Gasteiger partial charge in [0, 0.05) is 26.1 Å². The van der Waals surface area contributed by atoms with Gasteiger partial charge >= 0.3 is 0 Å². The summed E-state index contributed by atoms with van der Waals surface area (Å²) in [5, 5.41) is 0. The Morgan fingerprint density at radius 1 is 1.09 bits per heavy atom. The third-order valence-electron chi connectivity index (χ3n) is 6.89. The van der Waals surface area contributed by atoms with Crippen LogP contribution >= 0.6 is 0 Å². The molecule has 7 nitrogen and oxygen atoms in total. The van der Waals surface area contributed by atoms with Crippen molar-refractivity contribution >= 4 is 11.8 Å². The smallest absolute Gasteiger partial charge is 0.275 e. The van der Waals surface area contributed by atoms with E-state index < -0.39 is 0 Å². The normalized spacial score (nSPS) is 17.4. The van der Waals surface area contributed by atoms with Gasteiger partial charge < -0.3 is 19.0 Å². The number of amides is 2. The maximum atomic E-state index is 12.8. The van der Waals surface area contributed by atoms with Crippen LogP contribution in [-0.4, -0.2) is 46.2 Å². The Morgan fingerprint density at radius 2 is 1.86 bits per heavy atom. The third-order valence-corrected chi connectivity index (χ3v) is 6.89. The summed E-state index contributed by atoms with van der Waals surface area (Å²) in [4.78, 5) is 33.5. The number of likely N-dealkylation sites (tertiary alicyclic amines) is 1. The van der Waals surface area contributed by atoms with Crippen molar-refractivity contribution in [2.45, 2.75) is 52.2 Å². The summed E-state index contributed by atoms with van der Waals surface area (Å²) in [7, 11) is 0. The maximum absolute atomic E-state index is 12.8. The molecular weight excluding hydrogens is 442 g/mol. The summed E-state index contributed by atoms with van der Waals surface area (Å²) in [5.41, 5.74) is 4.90. The van der Waals surface area contributed by atoms with E-state index in [1.54, 1.807) is 4.90 Å². The highest BCUT2D eigenvalue weighted by Gasteiger charge is 2.31. The second-order valence-corrected chi connectivity index (χ2v) is 9.28. The molecule has 35 heavy (non-hydrogen) atoms. The van der Waals surface area contributed by atoms with E-state index in [-0.39, 0.29) is 24.5 Å². The van der Waals surface area contributed by atoms with E-state index in [2.05, 4.69) is 42.2 Å². The molecule has 0 aliphatic carbocycles. The van der Waals surface area contributed by atoms with E-state index in [1.165, 1.54) is 17.4 Å².